The summed E-state index contributed by atoms with van der Waals surface area (Å²) < 4.78 is 48.1. The molecular formula is C10H12ClNO6S2. The number of carboxylic acids is 1. The molecule has 0 bridgehead atoms. The van der Waals surface area contributed by atoms with Gasteiger partial charge in [0.25, 0.3) is 0 Å². The summed E-state index contributed by atoms with van der Waals surface area (Å²) in [6.07, 6.45) is 0.400. The summed E-state index contributed by atoms with van der Waals surface area (Å²) in [5, 5.41) is 8.46. The molecule has 0 saturated carbocycles. The number of hydrogen-bond donors (Lipinski definition) is 2. The molecule has 1 aromatic rings. The molecule has 0 spiro atoms. The maximum atomic E-state index is 11.6. The van der Waals surface area contributed by atoms with E-state index < -0.39 is 38.0 Å². The van der Waals surface area contributed by atoms with E-state index in [1.807, 2.05) is 0 Å². The van der Waals surface area contributed by atoms with E-state index >= 15 is 0 Å². The van der Waals surface area contributed by atoms with E-state index in [0.29, 0.717) is 0 Å². The highest BCUT2D eigenvalue weighted by molar-refractivity contribution is 7.92. The van der Waals surface area contributed by atoms with Gasteiger partial charge in [-0.1, -0.05) is 11.6 Å². The van der Waals surface area contributed by atoms with Crippen molar-refractivity contribution in [2.45, 2.75) is 11.3 Å². The second kappa shape index (κ2) is 5.98. The Morgan fingerprint density at radius 3 is 2.40 bits per heavy atom. The van der Waals surface area contributed by atoms with Crippen molar-refractivity contribution in [3.63, 3.8) is 0 Å². The van der Waals surface area contributed by atoms with E-state index in [1.54, 1.807) is 0 Å². The van der Waals surface area contributed by atoms with E-state index in [9.17, 15) is 21.6 Å². The molecule has 1 aromatic carbocycles. The number of hydrogen-bond acceptors (Lipinski definition) is 5. The van der Waals surface area contributed by atoms with Gasteiger partial charge in [0.15, 0.2) is 9.84 Å². The maximum absolute atomic E-state index is 11.6. The molecule has 0 unspecified atom stereocenters. The van der Waals surface area contributed by atoms with E-state index in [2.05, 4.69) is 4.72 Å². The number of benzene rings is 1. The van der Waals surface area contributed by atoms with Crippen molar-refractivity contribution in [3.8, 4) is 0 Å². The van der Waals surface area contributed by atoms with Gasteiger partial charge in [-0.15, -0.1) is 0 Å². The van der Waals surface area contributed by atoms with Crippen LogP contribution in [0.2, 0.25) is 5.02 Å². The average Bonchev–Trinajstić information content (AvgIpc) is 2.28. The predicted molar refractivity (Wildman–Crippen MR) is 74.2 cm³/mol. The van der Waals surface area contributed by atoms with Crippen LogP contribution in [0.3, 0.4) is 0 Å². The van der Waals surface area contributed by atoms with Crippen LogP contribution in [0.4, 0.5) is 5.69 Å². The molecule has 0 aliphatic rings. The van der Waals surface area contributed by atoms with E-state index in [0.717, 1.165) is 12.3 Å². The topological polar surface area (TPSA) is 118 Å². The third kappa shape index (κ3) is 4.99. The molecule has 0 aliphatic heterocycles. The number of sulfone groups is 1. The fourth-order valence-corrected chi connectivity index (χ4v) is 3.17. The first-order valence-electron chi connectivity index (χ1n) is 5.23. The molecule has 0 aliphatic carbocycles. The van der Waals surface area contributed by atoms with Crippen molar-refractivity contribution in [2.75, 3.05) is 16.7 Å². The highest BCUT2D eigenvalue weighted by Crippen LogP contribution is 2.26. The van der Waals surface area contributed by atoms with Crippen LogP contribution < -0.4 is 4.72 Å². The highest BCUT2D eigenvalue weighted by atomic mass is 35.5. The second-order valence-electron chi connectivity index (χ2n) is 3.98. The Bertz CT molecular complexity index is 726. The van der Waals surface area contributed by atoms with Gasteiger partial charge < -0.3 is 5.11 Å². The molecule has 0 saturated heterocycles. The standard InChI is InChI=1S/C10H12ClNO6S2/c1-19(15,16)7-2-3-8(11)9(6-7)12-20(17,18)5-4-10(13)14/h2-3,6,12H,4-5H2,1H3,(H,13,14). The van der Waals surface area contributed by atoms with Crippen LogP contribution in [0, 0.1) is 0 Å². The lowest BCUT2D eigenvalue weighted by atomic mass is 10.3. The zero-order valence-corrected chi connectivity index (χ0v) is 12.7. The smallest absolute Gasteiger partial charge is 0.304 e. The number of sulfonamides is 1. The molecule has 0 fully saturated rings. The van der Waals surface area contributed by atoms with E-state index in [-0.39, 0.29) is 15.6 Å². The SMILES string of the molecule is CS(=O)(=O)c1ccc(Cl)c(NS(=O)(=O)CCC(=O)O)c1. The van der Waals surface area contributed by atoms with Gasteiger partial charge in [-0.2, -0.15) is 0 Å². The number of halogens is 1. The fourth-order valence-electron chi connectivity index (χ4n) is 1.25. The van der Waals surface area contributed by atoms with Gasteiger partial charge in [0.1, 0.15) is 0 Å². The van der Waals surface area contributed by atoms with E-state index in [4.69, 9.17) is 16.7 Å². The third-order valence-electron chi connectivity index (χ3n) is 2.22. The fraction of sp³-hybridized carbons (Fsp3) is 0.300. The van der Waals surface area contributed by atoms with Crippen LogP contribution in [0.15, 0.2) is 23.1 Å². The first-order chi connectivity index (χ1) is 9.01. The molecule has 2 N–H and O–H groups in total. The molecule has 0 aromatic heterocycles. The minimum atomic E-state index is -3.92. The number of anilines is 1. The first kappa shape index (κ1) is 16.7. The lowest BCUT2D eigenvalue weighted by Gasteiger charge is -2.10. The van der Waals surface area contributed by atoms with Crippen molar-refractivity contribution in [3.05, 3.63) is 23.2 Å². The molecule has 0 radical (unpaired) electrons. The van der Waals surface area contributed by atoms with Gasteiger partial charge in [0.05, 0.1) is 27.8 Å². The lowest BCUT2D eigenvalue weighted by Crippen LogP contribution is -2.19. The van der Waals surface area contributed by atoms with Crippen molar-refractivity contribution >= 4 is 43.1 Å². The predicted octanol–water partition coefficient (Wildman–Crippen LogP) is 0.960. The summed E-state index contributed by atoms with van der Waals surface area (Å²) in [6, 6.07) is 3.57. The molecule has 0 amide bonds. The summed E-state index contributed by atoms with van der Waals surface area (Å²) in [6.45, 7) is 0. The quantitative estimate of drug-likeness (QED) is 0.795. The van der Waals surface area contributed by atoms with Crippen molar-refractivity contribution in [1.29, 1.82) is 0 Å². The van der Waals surface area contributed by atoms with Crippen LogP contribution >= 0.6 is 11.6 Å². The summed E-state index contributed by atoms with van der Waals surface area (Å²) in [4.78, 5) is 10.3. The van der Waals surface area contributed by atoms with Crippen molar-refractivity contribution in [2.24, 2.45) is 0 Å². The van der Waals surface area contributed by atoms with Crippen molar-refractivity contribution in [1.82, 2.24) is 0 Å². The summed E-state index contributed by atoms with van der Waals surface area (Å²) in [5.74, 6) is -1.90. The van der Waals surface area contributed by atoms with Crippen LogP contribution in [0.5, 0.6) is 0 Å². The van der Waals surface area contributed by atoms with Crippen LogP contribution in [-0.2, 0) is 24.7 Å². The number of nitrogens with one attached hydrogen (secondary N) is 1. The molecule has 112 valence electrons. The third-order valence-corrected chi connectivity index (χ3v) is 4.93. The molecule has 20 heavy (non-hydrogen) atoms. The van der Waals surface area contributed by atoms with Gasteiger partial charge in [0, 0.05) is 6.26 Å². The molecule has 0 heterocycles. The van der Waals surface area contributed by atoms with E-state index in [1.165, 1.54) is 12.1 Å². The summed E-state index contributed by atoms with van der Waals surface area (Å²) in [7, 11) is -7.44. The van der Waals surface area contributed by atoms with Crippen LogP contribution in [0.25, 0.3) is 0 Å². The lowest BCUT2D eigenvalue weighted by molar-refractivity contribution is -0.136. The molecular weight excluding hydrogens is 330 g/mol. The van der Waals surface area contributed by atoms with Gasteiger partial charge in [-0.25, -0.2) is 16.8 Å². The minimum Gasteiger partial charge on any atom is -0.481 e. The molecule has 0 atom stereocenters. The van der Waals surface area contributed by atoms with Gasteiger partial charge in [-0.05, 0) is 18.2 Å². The average molecular weight is 342 g/mol. The number of aliphatic carboxylic acids is 1. The Balaban J connectivity index is 3.06. The zero-order chi connectivity index (χ0) is 15.6. The molecule has 1 rings (SSSR count). The Morgan fingerprint density at radius 1 is 1.30 bits per heavy atom. The number of carbonyl (C=O) groups is 1. The Morgan fingerprint density at radius 2 is 1.90 bits per heavy atom. The first-order valence-corrected chi connectivity index (χ1v) is 9.15. The van der Waals surface area contributed by atoms with Crippen LogP contribution in [0.1, 0.15) is 6.42 Å². The highest BCUT2D eigenvalue weighted by Gasteiger charge is 2.16. The summed E-state index contributed by atoms with van der Waals surface area (Å²) in [5.41, 5.74) is -0.111. The largest absolute Gasteiger partial charge is 0.481 e. The van der Waals surface area contributed by atoms with Gasteiger partial charge >= 0.3 is 5.97 Å². The number of rotatable bonds is 6. The zero-order valence-electron chi connectivity index (χ0n) is 10.3. The monoisotopic (exact) mass is 341 g/mol. The Hall–Kier alpha value is -1.32. The maximum Gasteiger partial charge on any atom is 0.304 e. The van der Waals surface area contributed by atoms with Gasteiger partial charge in [0.2, 0.25) is 10.0 Å². The molecule has 10 heteroatoms. The summed E-state index contributed by atoms with van der Waals surface area (Å²) >= 11 is 5.78. The minimum absolute atomic E-state index is 0.0105. The van der Waals surface area contributed by atoms with Crippen LogP contribution in [-0.4, -0.2) is 39.9 Å². The van der Waals surface area contributed by atoms with Gasteiger partial charge in [-0.3, -0.25) is 9.52 Å². The Labute approximate surface area is 121 Å². The molecule has 7 nitrogen and oxygen atoms in total. The second-order valence-corrected chi connectivity index (χ2v) is 8.24. The normalized spacial score (nSPS) is 12.1. The van der Waals surface area contributed by atoms with Crippen molar-refractivity contribution < 1.29 is 26.7 Å². The number of carboxylic acid groups (broad SMARTS) is 1. The Kier molecular flexibility index (Phi) is 5.00.